The van der Waals surface area contributed by atoms with Gasteiger partial charge in [-0.2, -0.15) is 4.98 Å². The number of aryl methyl sites for hydroxylation is 1. The quantitative estimate of drug-likeness (QED) is 0.735. The molecule has 2 N–H and O–H groups in total. The maximum atomic E-state index is 4.48. The van der Waals surface area contributed by atoms with Crippen LogP contribution in [0.1, 0.15) is 12.0 Å². The van der Waals surface area contributed by atoms with Crippen LogP contribution in [0.25, 0.3) is 0 Å². The van der Waals surface area contributed by atoms with Crippen LogP contribution >= 0.6 is 15.9 Å². The van der Waals surface area contributed by atoms with Crippen molar-refractivity contribution in [1.29, 1.82) is 0 Å². The Kier molecular flexibility index (Phi) is 6.15. The Balaban J connectivity index is 1.96. The fourth-order valence-electron chi connectivity index (χ4n) is 1.97. The molecule has 0 radical (unpaired) electrons. The van der Waals surface area contributed by atoms with Crippen LogP contribution in [0.5, 0.6) is 0 Å². The molecule has 0 spiro atoms. The Labute approximate surface area is 140 Å². The number of anilines is 3. The molecule has 0 fully saturated rings. The highest BCUT2D eigenvalue weighted by atomic mass is 79.9. The van der Waals surface area contributed by atoms with Gasteiger partial charge in [0, 0.05) is 17.2 Å². The predicted molar refractivity (Wildman–Crippen MR) is 95.9 cm³/mol. The molecule has 0 unspecified atom stereocenters. The van der Waals surface area contributed by atoms with E-state index in [1.807, 2.05) is 12.1 Å². The Morgan fingerprint density at radius 3 is 2.77 bits per heavy atom. The topological polar surface area (TPSA) is 53.1 Å². The maximum absolute atomic E-state index is 4.48. The van der Waals surface area contributed by atoms with E-state index < -0.39 is 0 Å². The number of nitrogens with zero attached hydrogens (tertiary/aromatic N) is 3. The lowest BCUT2D eigenvalue weighted by atomic mass is 10.2. The molecule has 0 aliphatic rings. The van der Waals surface area contributed by atoms with Gasteiger partial charge in [0.15, 0.2) is 0 Å². The van der Waals surface area contributed by atoms with Gasteiger partial charge in [-0.3, -0.25) is 0 Å². The Hall–Kier alpha value is -1.66. The van der Waals surface area contributed by atoms with E-state index in [0.29, 0.717) is 5.95 Å². The molecule has 0 bridgehead atoms. The molecule has 0 aliphatic heterocycles. The van der Waals surface area contributed by atoms with E-state index in [1.54, 1.807) is 6.20 Å². The summed E-state index contributed by atoms with van der Waals surface area (Å²) in [5.41, 5.74) is 2.16. The number of benzene rings is 1. The molecular formula is C16H22BrN5. The van der Waals surface area contributed by atoms with Crippen LogP contribution in [-0.2, 0) is 0 Å². The SMILES string of the molecule is Cc1ccc(Nc2nccc(NCCCN(C)C)n2)c(Br)c1. The molecule has 2 rings (SSSR count). The van der Waals surface area contributed by atoms with Crippen LogP contribution in [0.15, 0.2) is 34.9 Å². The van der Waals surface area contributed by atoms with Crippen molar-refractivity contribution in [3.63, 3.8) is 0 Å². The lowest BCUT2D eigenvalue weighted by Gasteiger charge is -2.11. The van der Waals surface area contributed by atoms with Crippen molar-refractivity contribution < 1.29 is 0 Å². The summed E-state index contributed by atoms with van der Waals surface area (Å²) >= 11 is 3.55. The number of halogens is 1. The predicted octanol–water partition coefficient (Wildman–Crippen LogP) is 3.65. The van der Waals surface area contributed by atoms with Gasteiger partial charge in [-0.15, -0.1) is 0 Å². The summed E-state index contributed by atoms with van der Waals surface area (Å²) in [7, 11) is 4.15. The first-order valence-electron chi connectivity index (χ1n) is 7.29. The van der Waals surface area contributed by atoms with Gasteiger partial charge in [0.2, 0.25) is 5.95 Å². The summed E-state index contributed by atoms with van der Waals surface area (Å²) in [6, 6.07) is 8.01. The zero-order chi connectivity index (χ0) is 15.9. The second kappa shape index (κ2) is 8.10. The monoisotopic (exact) mass is 363 g/mol. The summed E-state index contributed by atoms with van der Waals surface area (Å²) in [5.74, 6) is 1.42. The van der Waals surface area contributed by atoms with Gasteiger partial charge >= 0.3 is 0 Å². The van der Waals surface area contributed by atoms with E-state index in [0.717, 1.165) is 35.5 Å². The summed E-state index contributed by atoms with van der Waals surface area (Å²) < 4.78 is 1.00. The second-order valence-electron chi connectivity index (χ2n) is 5.46. The highest BCUT2D eigenvalue weighted by Crippen LogP contribution is 2.25. The van der Waals surface area contributed by atoms with Crippen LogP contribution in [0, 0.1) is 6.92 Å². The fourth-order valence-corrected chi connectivity index (χ4v) is 2.56. The van der Waals surface area contributed by atoms with Crippen LogP contribution in [0.2, 0.25) is 0 Å². The first kappa shape index (κ1) is 16.7. The van der Waals surface area contributed by atoms with Crippen molar-refractivity contribution >= 4 is 33.4 Å². The van der Waals surface area contributed by atoms with E-state index in [2.05, 4.69) is 74.6 Å². The van der Waals surface area contributed by atoms with E-state index in [-0.39, 0.29) is 0 Å². The smallest absolute Gasteiger partial charge is 0.229 e. The average Bonchev–Trinajstić information content (AvgIpc) is 2.47. The largest absolute Gasteiger partial charge is 0.370 e. The maximum Gasteiger partial charge on any atom is 0.229 e. The summed E-state index contributed by atoms with van der Waals surface area (Å²) in [5, 5.41) is 6.55. The van der Waals surface area contributed by atoms with Gasteiger partial charge in [0.05, 0.1) is 5.69 Å². The standard InChI is InChI=1S/C16H22BrN5/c1-12-5-6-14(13(17)11-12)20-16-19-9-7-15(21-16)18-8-4-10-22(2)3/h5-7,9,11H,4,8,10H2,1-3H3,(H2,18,19,20,21). The number of hydrogen-bond donors (Lipinski definition) is 2. The van der Waals surface area contributed by atoms with Crippen LogP contribution < -0.4 is 10.6 Å². The van der Waals surface area contributed by atoms with Crippen molar-refractivity contribution in [3.05, 3.63) is 40.5 Å². The molecular weight excluding hydrogens is 342 g/mol. The Morgan fingerprint density at radius 1 is 1.23 bits per heavy atom. The number of rotatable bonds is 7. The molecule has 1 heterocycles. The van der Waals surface area contributed by atoms with Gasteiger partial charge in [-0.1, -0.05) is 6.07 Å². The van der Waals surface area contributed by atoms with Crippen LogP contribution in [0.3, 0.4) is 0 Å². The molecule has 0 atom stereocenters. The van der Waals surface area contributed by atoms with Crippen LogP contribution in [-0.4, -0.2) is 42.1 Å². The van der Waals surface area contributed by atoms with E-state index in [4.69, 9.17) is 0 Å². The first-order chi connectivity index (χ1) is 10.5. The molecule has 0 aliphatic carbocycles. The average molecular weight is 364 g/mol. The second-order valence-corrected chi connectivity index (χ2v) is 6.31. The van der Waals surface area contributed by atoms with E-state index >= 15 is 0 Å². The lowest BCUT2D eigenvalue weighted by molar-refractivity contribution is 0.405. The third-order valence-electron chi connectivity index (χ3n) is 3.11. The number of hydrogen-bond acceptors (Lipinski definition) is 5. The molecule has 22 heavy (non-hydrogen) atoms. The van der Waals surface area contributed by atoms with E-state index in [9.17, 15) is 0 Å². The van der Waals surface area contributed by atoms with Crippen molar-refractivity contribution in [2.24, 2.45) is 0 Å². The first-order valence-corrected chi connectivity index (χ1v) is 8.09. The van der Waals surface area contributed by atoms with Crippen molar-refractivity contribution in [3.8, 4) is 0 Å². The Bertz CT molecular complexity index is 615. The molecule has 5 nitrogen and oxygen atoms in total. The zero-order valence-electron chi connectivity index (χ0n) is 13.2. The van der Waals surface area contributed by atoms with Gasteiger partial charge in [0.25, 0.3) is 0 Å². The highest BCUT2D eigenvalue weighted by Gasteiger charge is 2.03. The Morgan fingerprint density at radius 2 is 2.05 bits per heavy atom. The molecule has 6 heteroatoms. The lowest BCUT2D eigenvalue weighted by Crippen LogP contribution is -2.16. The summed E-state index contributed by atoms with van der Waals surface area (Å²) in [4.78, 5) is 10.9. The fraction of sp³-hybridized carbons (Fsp3) is 0.375. The zero-order valence-corrected chi connectivity index (χ0v) is 14.8. The third kappa shape index (κ3) is 5.27. The number of aromatic nitrogens is 2. The van der Waals surface area contributed by atoms with Gasteiger partial charge < -0.3 is 15.5 Å². The van der Waals surface area contributed by atoms with Crippen LogP contribution in [0.4, 0.5) is 17.5 Å². The summed E-state index contributed by atoms with van der Waals surface area (Å²) in [6.45, 7) is 4.01. The molecule has 1 aromatic heterocycles. The summed E-state index contributed by atoms with van der Waals surface area (Å²) in [6.07, 6.45) is 2.83. The molecule has 0 amide bonds. The molecule has 118 valence electrons. The number of nitrogens with one attached hydrogen (secondary N) is 2. The minimum Gasteiger partial charge on any atom is -0.370 e. The molecule has 1 aromatic carbocycles. The van der Waals surface area contributed by atoms with E-state index in [1.165, 1.54) is 5.56 Å². The van der Waals surface area contributed by atoms with Crippen molar-refractivity contribution in [2.45, 2.75) is 13.3 Å². The molecule has 2 aromatic rings. The highest BCUT2D eigenvalue weighted by molar-refractivity contribution is 9.10. The molecule has 0 saturated carbocycles. The minimum absolute atomic E-state index is 0.585. The van der Waals surface area contributed by atoms with Crippen molar-refractivity contribution in [1.82, 2.24) is 14.9 Å². The van der Waals surface area contributed by atoms with Crippen molar-refractivity contribution in [2.75, 3.05) is 37.8 Å². The van der Waals surface area contributed by atoms with Gasteiger partial charge in [0.1, 0.15) is 5.82 Å². The molecule has 0 saturated heterocycles. The normalized spacial score (nSPS) is 10.8. The third-order valence-corrected chi connectivity index (χ3v) is 3.77. The minimum atomic E-state index is 0.585. The van der Waals surface area contributed by atoms with Gasteiger partial charge in [-0.05, 0) is 73.7 Å². The van der Waals surface area contributed by atoms with Gasteiger partial charge in [-0.25, -0.2) is 4.98 Å².